The average molecular weight is 308 g/mol. The molecule has 0 unspecified atom stereocenters. The van der Waals surface area contributed by atoms with Crippen LogP contribution in [0.15, 0.2) is 41.0 Å². The Hall–Kier alpha value is -1.29. The minimum Gasteiger partial charge on any atom is -0.467 e. The maximum absolute atomic E-state index is 5.95. The smallest absolute Gasteiger partial charge is 0.133 e. The Labute approximate surface area is 131 Å². The van der Waals surface area contributed by atoms with E-state index in [1.807, 2.05) is 30.3 Å². The summed E-state index contributed by atoms with van der Waals surface area (Å²) in [5.41, 5.74) is 2.22. The fourth-order valence-electron chi connectivity index (χ4n) is 2.03. The van der Waals surface area contributed by atoms with Gasteiger partial charge in [-0.15, -0.1) is 0 Å². The number of hydrogen-bond donors (Lipinski definition) is 1. The summed E-state index contributed by atoms with van der Waals surface area (Å²) in [7, 11) is 0. The maximum Gasteiger partial charge on any atom is 0.133 e. The molecule has 0 aliphatic carbocycles. The molecular formula is C17H22ClNO2. The Balaban J connectivity index is 1.79. The Morgan fingerprint density at radius 2 is 2.10 bits per heavy atom. The van der Waals surface area contributed by atoms with Crippen molar-refractivity contribution < 1.29 is 9.15 Å². The highest BCUT2D eigenvalue weighted by Crippen LogP contribution is 2.15. The SMILES string of the molecule is CC(C)CNCc1ccoc1COCc1cccc(Cl)c1. The first kappa shape index (κ1) is 16.1. The minimum atomic E-state index is 0.470. The normalized spacial score (nSPS) is 11.2. The molecule has 1 heterocycles. The van der Waals surface area contributed by atoms with Gasteiger partial charge in [0.1, 0.15) is 12.4 Å². The van der Waals surface area contributed by atoms with E-state index in [1.54, 1.807) is 6.26 Å². The van der Waals surface area contributed by atoms with Crippen LogP contribution in [0.5, 0.6) is 0 Å². The highest BCUT2D eigenvalue weighted by atomic mass is 35.5. The summed E-state index contributed by atoms with van der Waals surface area (Å²) in [6, 6.07) is 9.69. The van der Waals surface area contributed by atoms with E-state index in [2.05, 4.69) is 19.2 Å². The van der Waals surface area contributed by atoms with E-state index in [9.17, 15) is 0 Å². The second-order valence-corrected chi connectivity index (χ2v) is 5.95. The predicted octanol–water partition coefficient (Wildman–Crippen LogP) is 4.40. The van der Waals surface area contributed by atoms with E-state index in [-0.39, 0.29) is 0 Å². The number of hydrogen-bond acceptors (Lipinski definition) is 3. The molecule has 3 nitrogen and oxygen atoms in total. The van der Waals surface area contributed by atoms with Crippen LogP contribution in [0.25, 0.3) is 0 Å². The molecule has 0 saturated carbocycles. The maximum atomic E-state index is 5.95. The Kier molecular flexibility index (Phi) is 6.30. The number of rotatable bonds is 8. The van der Waals surface area contributed by atoms with E-state index in [4.69, 9.17) is 20.8 Å². The average Bonchev–Trinajstić information content (AvgIpc) is 2.86. The highest BCUT2D eigenvalue weighted by molar-refractivity contribution is 6.30. The quantitative estimate of drug-likeness (QED) is 0.785. The van der Waals surface area contributed by atoms with Crippen molar-refractivity contribution in [2.75, 3.05) is 6.54 Å². The van der Waals surface area contributed by atoms with Crippen molar-refractivity contribution in [1.82, 2.24) is 5.32 Å². The van der Waals surface area contributed by atoms with Crippen molar-refractivity contribution >= 4 is 11.6 Å². The molecule has 2 aromatic rings. The van der Waals surface area contributed by atoms with Gasteiger partial charge < -0.3 is 14.5 Å². The van der Waals surface area contributed by atoms with Crippen molar-refractivity contribution in [3.05, 3.63) is 58.5 Å². The molecule has 1 aromatic heterocycles. The molecule has 1 N–H and O–H groups in total. The van der Waals surface area contributed by atoms with Gasteiger partial charge in [0.15, 0.2) is 0 Å². The van der Waals surface area contributed by atoms with Gasteiger partial charge in [-0.05, 0) is 36.2 Å². The third kappa shape index (κ3) is 5.54. The first-order valence-electron chi connectivity index (χ1n) is 7.23. The predicted molar refractivity (Wildman–Crippen MR) is 85.2 cm³/mol. The standard InChI is InChI=1S/C17H22ClNO2/c1-13(2)9-19-10-15-6-7-21-17(15)12-20-11-14-4-3-5-16(18)8-14/h3-8,13,19H,9-12H2,1-2H3. The van der Waals surface area contributed by atoms with Crippen molar-refractivity contribution in [1.29, 1.82) is 0 Å². The van der Waals surface area contributed by atoms with E-state index >= 15 is 0 Å². The lowest BCUT2D eigenvalue weighted by Crippen LogP contribution is -2.19. The number of benzene rings is 1. The zero-order chi connectivity index (χ0) is 15.1. The molecule has 0 amide bonds. The van der Waals surface area contributed by atoms with Crippen LogP contribution in [0.1, 0.15) is 30.7 Å². The van der Waals surface area contributed by atoms with Crippen LogP contribution < -0.4 is 5.32 Å². The van der Waals surface area contributed by atoms with Gasteiger partial charge >= 0.3 is 0 Å². The largest absolute Gasteiger partial charge is 0.467 e. The van der Waals surface area contributed by atoms with Crippen LogP contribution in [0.3, 0.4) is 0 Å². The molecule has 0 fully saturated rings. The summed E-state index contributed by atoms with van der Waals surface area (Å²) < 4.78 is 11.2. The number of halogens is 1. The molecule has 0 atom stereocenters. The lowest BCUT2D eigenvalue weighted by atomic mass is 10.2. The third-order valence-corrected chi connectivity index (χ3v) is 3.33. The van der Waals surface area contributed by atoms with Gasteiger partial charge in [0.05, 0.1) is 12.9 Å². The number of ether oxygens (including phenoxy) is 1. The summed E-state index contributed by atoms with van der Waals surface area (Å²) in [6.07, 6.45) is 1.71. The molecule has 1 aromatic carbocycles. The fraction of sp³-hybridized carbons (Fsp3) is 0.412. The van der Waals surface area contributed by atoms with Gasteiger partial charge in [0.25, 0.3) is 0 Å². The molecule has 114 valence electrons. The van der Waals surface area contributed by atoms with E-state index in [0.29, 0.717) is 19.1 Å². The molecule has 0 saturated heterocycles. The zero-order valence-electron chi connectivity index (χ0n) is 12.6. The van der Waals surface area contributed by atoms with E-state index in [1.165, 1.54) is 0 Å². The summed E-state index contributed by atoms with van der Waals surface area (Å²) in [4.78, 5) is 0. The highest BCUT2D eigenvalue weighted by Gasteiger charge is 2.07. The van der Waals surface area contributed by atoms with Crippen LogP contribution in [0.4, 0.5) is 0 Å². The fourth-order valence-corrected chi connectivity index (χ4v) is 2.25. The van der Waals surface area contributed by atoms with E-state index < -0.39 is 0 Å². The van der Waals surface area contributed by atoms with Gasteiger partial charge in [-0.2, -0.15) is 0 Å². The molecule has 2 rings (SSSR count). The van der Waals surface area contributed by atoms with Crippen LogP contribution in [0, 0.1) is 5.92 Å². The third-order valence-electron chi connectivity index (χ3n) is 3.10. The molecule has 0 radical (unpaired) electrons. The van der Waals surface area contributed by atoms with E-state index in [0.717, 1.165) is 35.0 Å². The van der Waals surface area contributed by atoms with Crippen molar-refractivity contribution in [3.8, 4) is 0 Å². The first-order chi connectivity index (χ1) is 10.1. The zero-order valence-corrected chi connectivity index (χ0v) is 13.3. The summed E-state index contributed by atoms with van der Waals surface area (Å²) >= 11 is 5.95. The second kappa shape index (κ2) is 8.23. The van der Waals surface area contributed by atoms with Gasteiger partial charge in [0, 0.05) is 17.1 Å². The second-order valence-electron chi connectivity index (χ2n) is 5.52. The Morgan fingerprint density at radius 3 is 2.86 bits per heavy atom. The van der Waals surface area contributed by atoms with Crippen LogP contribution >= 0.6 is 11.6 Å². The topological polar surface area (TPSA) is 34.4 Å². The lowest BCUT2D eigenvalue weighted by molar-refractivity contribution is 0.0921. The molecule has 0 aliphatic heterocycles. The van der Waals surface area contributed by atoms with Crippen LogP contribution in [-0.2, 0) is 24.5 Å². The summed E-state index contributed by atoms with van der Waals surface area (Å²) in [5, 5.41) is 4.14. The van der Waals surface area contributed by atoms with Crippen LogP contribution in [0.2, 0.25) is 5.02 Å². The lowest BCUT2D eigenvalue weighted by Gasteiger charge is -2.08. The molecule has 0 bridgehead atoms. The van der Waals surface area contributed by atoms with Gasteiger partial charge in [-0.1, -0.05) is 37.6 Å². The molecular weight excluding hydrogens is 286 g/mol. The molecule has 21 heavy (non-hydrogen) atoms. The molecule has 0 spiro atoms. The first-order valence-corrected chi connectivity index (χ1v) is 7.61. The monoisotopic (exact) mass is 307 g/mol. The van der Waals surface area contributed by atoms with Crippen molar-refractivity contribution in [2.24, 2.45) is 5.92 Å². The van der Waals surface area contributed by atoms with Crippen molar-refractivity contribution in [3.63, 3.8) is 0 Å². The van der Waals surface area contributed by atoms with Crippen LogP contribution in [-0.4, -0.2) is 6.54 Å². The summed E-state index contributed by atoms with van der Waals surface area (Å²) in [5.74, 6) is 1.52. The number of furan rings is 1. The molecule has 4 heteroatoms. The molecule has 0 aliphatic rings. The Bertz CT molecular complexity index is 551. The van der Waals surface area contributed by atoms with Gasteiger partial charge in [0.2, 0.25) is 0 Å². The van der Waals surface area contributed by atoms with Gasteiger partial charge in [-0.3, -0.25) is 0 Å². The van der Waals surface area contributed by atoms with Crippen molar-refractivity contribution in [2.45, 2.75) is 33.6 Å². The minimum absolute atomic E-state index is 0.470. The Morgan fingerprint density at radius 1 is 1.24 bits per heavy atom. The summed E-state index contributed by atoms with van der Waals surface area (Å²) in [6.45, 7) is 7.19. The van der Waals surface area contributed by atoms with Gasteiger partial charge in [-0.25, -0.2) is 0 Å². The number of nitrogens with one attached hydrogen (secondary N) is 1.